The maximum absolute atomic E-state index is 11.7. The zero-order valence-corrected chi connectivity index (χ0v) is 10.1. The molecular weight excluding hydrogens is 200 g/mol. The molecule has 1 aromatic rings. The summed E-state index contributed by atoms with van der Waals surface area (Å²) < 4.78 is 0. The number of nitrogens with zero attached hydrogens (tertiary/aromatic N) is 1. The predicted octanol–water partition coefficient (Wildman–Crippen LogP) is 1.34. The molecule has 16 heavy (non-hydrogen) atoms. The molecule has 0 radical (unpaired) electrons. The van der Waals surface area contributed by atoms with Crippen LogP contribution in [-0.2, 0) is 11.2 Å². The third kappa shape index (κ3) is 4.03. The summed E-state index contributed by atoms with van der Waals surface area (Å²) in [6, 6.07) is 8.27. The first-order valence-electron chi connectivity index (χ1n) is 5.63. The number of hydrogen-bond donors (Lipinski definition) is 1. The van der Waals surface area contributed by atoms with Crippen LogP contribution in [0.15, 0.2) is 24.3 Å². The molecule has 1 aromatic carbocycles. The Bertz CT molecular complexity index is 350. The Morgan fingerprint density at radius 2 is 2.19 bits per heavy atom. The van der Waals surface area contributed by atoms with Gasteiger partial charge in [0.2, 0.25) is 5.91 Å². The molecule has 0 saturated heterocycles. The molecule has 0 unspecified atom stereocenters. The highest BCUT2D eigenvalue weighted by Crippen LogP contribution is 2.07. The quantitative estimate of drug-likeness (QED) is 0.814. The molecule has 1 amide bonds. The lowest BCUT2D eigenvalue weighted by molar-refractivity contribution is -0.129. The Balaban J connectivity index is 2.42. The van der Waals surface area contributed by atoms with Gasteiger partial charge in [0.05, 0.1) is 0 Å². The van der Waals surface area contributed by atoms with Gasteiger partial charge in [0, 0.05) is 26.6 Å². The molecular formula is C13H20N2O. The van der Waals surface area contributed by atoms with Gasteiger partial charge in [0.1, 0.15) is 0 Å². The van der Waals surface area contributed by atoms with Crippen molar-refractivity contribution in [3.05, 3.63) is 35.4 Å². The Hall–Kier alpha value is -1.35. The number of carbonyl (C=O) groups is 1. The molecule has 88 valence electrons. The Labute approximate surface area is 97.2 Å². The molecule has 0 aliphatic heterocycles. The van der Waals surface area contributed by atoms with E-state index in [0.29, 0.717) is 19.5 Å². The number of hydrogen-bond acceptors (Lipinski definition) is 2. The first kappa shape index (κ1) is 12.7. The summed E-state index contributed by atoms with van der Waals surface area (Å²) in [5, 5.41) is 0. The zero-order chi connectivity index (χ0) is 12.0. The SMILES string of the molecule is Cc1cccc(CCC(=O)N(C)CCN)c1. The average Bonchev–Trinajstić information content (AvgIpc) is 2.26. The smallest absolute Gasteiger partial charge is 0.222 e. The van der Waals surface area contributed by atoms with E-state index >= 15 is 0 Å². The van der Waals surface area contributed by atoms with E-state index in [1.165, 1.54) is 11.1 Å². The molecule has 3 nitrogen and oxygen atoms in total. The molecule has 0 atom stereocenters. The fraction of sp³-hybridized carbons (Fsp3) is 0.462. The monoisotopic (exact) mass is 220 g/mol. The van der Waals surface area contributed by atoms with Crippen molar-refractivity contribution >= 4 is 5.91 Å². The van der Waals surface area contributed by atoms with Gasteiger partial charge in [0.15, 0.2) is 0 Å². The highest BCUT2D eigenvalue weighted by Gasteiger charge is 2.07. The van der Waals surface area contributed by atoms with E-state index in [4.69, 9.17) is 5.73 Å². The van der Waals surface area contributed by atoms with Crippen LogP contribution in [0.3, 0.4) is 0 Å². The topological polar surface area (TPSA) is 46.3 Å². The summed E-state index contributed by atoms with van der Waals surface area (Å²) in [7, 11) is 1.80. The van der Waals surface area contributed by atoms with E-state index in [9.17, 15) is 4.79 Å². The number of nitrogens with two attached hydrogens (primary N) is 1. The molecule has 0 spiro atoms. The van der Waals surface area contributed by atoms with E-state index < -0.39 is 0 Å². The van der Waals surface area contributed by atoms with E-state index in [1.807, 2.05) is 6.07 Å². The van der Waals surface area contributed by atoms with Crippen molar-refractivity contribution in [3.8, 4) is 0 Å². The summed E-state index contributed by atoms with van der Waals surface area (Å²) >= 11 is 0. The van der Waals surface area contributed by atoms with Crippen LogP contribution in [0.4, 0.5) is 0 Å². The Morgan fingerprint density at radius 3 is 2.81 bits per heavy atom. The highest BCUT2D eigenvalue weighted by molar-refractivity contribution is 5.76. The summed E-state index contributed by atoms with van der Waals surface area (Å²) in [5.74, 6) is 0.159. The van der Waals surface area contributed by atoms with Crippen LogP contribution in [0.25, 0.3) is 0 Å². The first-order chi connectivity index (χ1) is 7.63. The van der Waals surface area contributed by atoms with Crippen molar-refractivity contribution in [2.75, 3.05) is 20.1 Å². The van der Waals surface area contributed by atoms with Crippen LogP contribution in [0.5, 0.6) is 0 Å². The van der Waals surface area contributed by atoms with Gasteiger partial charge in [-0.1, -0.05) is 29.8 Å². The summed E-state index contributed by atoms with van der Waals surface area (Å²) in [6.07, 6.45) is 1.36. The van der Waals surface area contributed by atoms with Gasteiger partial charge < -0.3 is 10.6 Å². The van der Waals surface area contributed by atoms with E-state index in [-0.39, 0.29) is 5.91 Å². The minimum absolute atomic E-state index is 0.159. The molecule has 0 bridgehead atoms. The number of rotatable bonds is 5. The number of carbonyl (C=O) groups excluding carboxylic acids is 1. The molecule has 0 aliphatic rings. The number of amides is 1. The van der Waals surface area contributed by atoms with Crippen molar-refractivity contribution in [2.24, 2.45) is 5.73 Å². The third-order valence-electron chi connectivity index (χ3n) is 2.60. The number of likely N-dealkylation sites (N-methyl/N-ethyl adjacent to an activating group) is 1. The molecule has 0 fully saturated rings. The van der Waals surface area contributed by atoms with Crippen molar-refractivity contribution in [1.82, 2.24) is 4.90 Å². The predicted molar refractivity (Wildman–Crippen MR) is 66.2 cm³/mol. The van der Waals surface area contributed by atoms with Crippen LogP contribution >= 0.6 is 0 Å². The third-order valence-corrected chi connectivity index (χ3v) is 2.60. The second-order valence-corrected chi connectivity index (χ2v) is 4.09. The van der Waals surface area contributed by atoms with Crippen molar-refractivity contribution in [1.29, 1.82) is 0 Å². The fourth-order valence-electron chi connectivity index (χ4n) is 1.63. The largest absolute Gasteiger partial charge is 0.344 e. The number of benzene rings is 1. The lowest BCUT2D eigenvalue weighted by atomic mass is 10.1. The zero-order valence-electron chi connectivity index (χ0n) is 10.1. The second-order valence-electron chi connectivity index (χ2n) is 4.09. The van der Waals surface area contributed by atoms with E-state index in [0.717, 1.165) is 6.42 Å². The van der Waals surface area contributed by atoms with Crippen molar-refractivity contribution in [2.45, 2.75) is 19.8 Å². The van der Waals surface area contributed by atoms with Crippen LogP contribution in [0.1, 0.15) is 17.5 Å². The maximum Gasteiger partial charge on any atom is 0.222 e. The van der Waals surface area contributed by atoms with Crippen molar-refractivity contribution < 1.29 is 4.79 Å². The Morgan fingerprint density at radius 1 is 1.44 bits per heavy atom. The Kier molecular flexibility index (Phi) is 4.99. The van der Waals surface area contributed by atoms with Crippen LogP contribution in [-0.4, -0.2) is 30.9 Å². The van der Waals surface area contributed by atoms with Gasteiger partial charge in [-0.15, -0.1) is 0 Å². The lowest BCUT2D eigenvalue weighted by Gasteiger charge is -2.15. The van der Waals surface area contributed by atoms with Gasteiger partial charge in [-0.3, -0.25) is 4.79 Å². The first-order valence-corrected chi connectivity index (χ1v) is 5.63. The second kappa shape index (κ2) is 6.28. The van der Waals surface area contributed by atoms with Gasteiger partial charge in [-0.25, -0.2) is 0 Å². The average molecular weight is 220 g/mol. The molecule has 0 heterocycles. The minimum Gasteiger partial charge on any atom is -0.344 e. The van der Waals surface area contributed by atoms with Crippen LogP contribution < -0.4 is 5.73 Å². The van der Waals surface area contributed by atoms with Crippen molar-refractivity contribution in [3.63, 3.8) is 0 Å². The standard InChI is InChI=1S/C13H20N2O/c1-11-4-3-5-12(10-11)6-7-13(16)15(2)9-8-14/h3-5,10H,6-9,14H2,1-2H3. The summed E-state index contributed by atoms with van der Waals surface area (Å²) in [5.41, 5.74) is 7.85. The molecule has 0 aromatic heterocycles. The molecule has 0 aliphatic carbocycles. The van der Waals surface area contributed by atoms with Gasteiger partial charge in [-0.2, -0.15) is 0 Å². The summed E-state index contributed by atoms with van der Waals surface area (Å²) in [4.78, 5) is 13.4. The van der Waals surface area contributed by atoms with Gasteiger partial charge in [0.25, 0.3) is 0 Å². The lowest BCUT2D eigenvalue weighted by Crippen LogP contribution is -2.31. The van der Waals surface area contributed by atoms with Gasteiger partial charge in [-0.05, 0) is 18.9 Å². The summed E-state index contributed by atoms with van der Waals surface area (Å²) in [6.45, 7) is 3.21. The van der Waals surface area contributed by atoms with E-state index in [1.54, 1.807) is 11.9 Å². The normalized spacial score (nSPS) is 10.2. The maximum atomic E-state index is 11.7. The molecule has 2 N–H and O–H groups in total. The minimum atomic E-state index is 0.159. The number of aryl methyl sites for hydroxylation is 2. The fourth-order valence-corrected chi connectivity index (χ4v) is 1.63. The highest BCUT2D eigenvalue weighted by atomic mass is 16.2. The van der Waals surface area contributed by atoms with Crippen LogP contribution in [0, 0.1) is 6.92 Å². The van der Waals surface area contributed by atoms with E-state index in [2.05, 4.69) is 25.1 Å². The molecule has 1 rings (SSSR count). The molecule has 0 saturated carbocycles. The van der Waals surface area contributed by atoms with Crippen LogP contribution in [0.2, 0.25) is 0 Å². The van der Waals surface area contributed by atoms with Gasteiger partial charge >= 0.3 is 0 Å². The molecule has 3 heteroatoms.